The van der Waals surface area contributed by atoms with E-state index in [2.05, 4.69) is 15.6 Å². The number of unbranched alkanes of at least 4 members (excludes halogenated alkanes) is 2. The van der Waals surface area contributed by atoms with E-state index in [1.807, 2.05) is 0 Å². The molecule has 0 saturated heterocycles. The number of hydroxylamine groups is 1. The van der Waals surface area contributed by atoms with E-state index >= 15 is 0 Å². The first-order valence-corrected chi connectivity index (χ1v) is 9.16. The minimum Gasteiger partial charge on any atom is -0.383 e. The maximum Gasteiger partial charge on any atom is 0.244 e. The number of hydrogen-bond donors (Lipinski definition) is 3. The summed E-state index contributed by atoms with van der Waals surface area (Å²) in [4.78, 5) is 10.9. The van der Waals surface area contributed by atoms with Crippen LogP contribution >= 0.6 is 0 Å². The van der Waals surface area contributed by atoms with E-state index in [4.69, 9.17) is 9.84 Å². The predicted molar refractivity (Wildman–Crippen MR) is 89.6 cm³/mol. The Balaban J connectivity index is 2.02. The van der Waals surface area contributed by atoms with Gasteiger partial charge in [-0.15, -0.1) is 0 Å². The highest BCUT2D eigenvalue weighted by Gasteiger charge is 2.24. The van der Waals surface area contributed by atoms with Crippen molar-refractivity contribution < 1.29 is 23.0 Å². The topological polar surface area (TPSA) is 138 Å². The number of aromatic nitrogens is 2. The highest BCUT2D eigenvalue weighted by molar-refractivity contribution is 7.89. The Morgan fingerprint density at radius 3 is 2.60 bits per heavy atom. The SMILES string of the molecule is CN(C)S(=O)(=O)c1ccc(NCCCCCC(=O)NO)c2nonc12. The van der Waals surface area contributed by atoms with Crippen molar-refractivity contribution in [3.63, 3.8) is 0 Å². The minimum atomic E-state index is -3.65. The second kappa shape index (κ2) is 8.23. The first-order chi connectivity index (χ1) is 11.9. The quantitative estimate of drug-likeness (QED) is 0.336. The van der Waals surface area contributed by atoms with Gasteiger partial charge in [0.2, 0.25) is 15.9 Å². The van der Waals surface area contributed by atoms with Gasteiger partial charge in [-0.2, -0.15) is 0 Å². The number of rotatable bonds is 9. The Labute approximate surface area is 145 Å². The number of benzene rings is 1. The summed E-state index contributed by atoms with van der Waals surface area (Å²) in [5.41, 5.74) is 2.75. The molecule has 0 aliphatic rings. The van der Waals surface area contributed by atoms with Gasteiger partial charge in [-0.1, -0.05) is 6.42 Å². The number of carbonyl (C=O) groups excluding carboxylic acids is 1. The van der Waals surface area contributed by atoms with Crippen molar-refractivity contribution in [1.82, 2.24) is 20.1 Å². The van der Waals surface area contributed by atoms with Gasteiger partial charge in [0.05, 0.1) is 5.69 Å². The third-order valence-electron chi connectivity index (χ3n) is 3.66. The molecule has 2 aromatic rings. The van der Waals surface area contributed by atoms with Gasteiger partial charge in [0.1, 0.15) is 4.90 Å². The minimum absolute atomic E-state index is 0.0364. The molecule has 1 amide bonds. The van der Waals surface area contributed by atoms with Crippen molar-refractivity contribution in [3.8, 4) is 0 Å². The fourth-order valence-electron chi connectivity index (χ4n) is 2.26. The number of amides is 1. The zero-order valence-electron chi connectivity index (χ0n) is 14.0. The molecule has 1 heterocycles. The summed E-state index contributed by atoms with van der Waals surface area (Å²) in [5.74, 6) is -0.402. The summed E-state index contributed by atoms with van der Waals surface area (Å²) in [5, 5.41) is 19.1. The third kappa shape index (κ3) is 4.44. The molecular weight excluding hydrogens is 350 g/mol. The van der Waals surface area contributed by atoms with Crippen LogP contribution in [0.4, 0.5) is 5.69 Å². The third-order valence-corrected chi connectivity index (χ3v) is 5.50. The Bertz CT molecular complexity index is 833. The maximum atomic E-state index is 12.3. The fraction of sp³-hybridized carbons (Fsp3) is 0.500. The lowest BCUT2D eigenvalue weighted by Crippen LogP contribution is -2.22. The van der Waals surface area contributed by atoms with Gasteiger partial charge in [0.15, 0.2) is 11.0 Å². The molecule has 11 heteroatoms. The molecule has 1 aromatic heterocycles. The average molecular weight is 371 g/mol. The molecule has 0 atom stereocenters. The van der Waals surface area contributed by atoms with Gasteiger partial charge in [0, 0.05) is 27.1 Å². The molecule has 0 aliphatic carbocycles. The molecule has 25 heavy (non-hydrogen) atoms. The highest BCUT2D eigenvalue weighted by atomic mass is 32.2. The van der Waals surface area contributed by atoms with Crippen molar-refractivity contribution in [2.45, 2.75) is 30.6 Å². The molecule has 3 N–H and O–H groups in total. The van der Waals surface area contributed by atoms with Gasteiger partial charge >= 0.3 is 0 Å². The monoisotopic (exact) mass is 371 g/mol. The lowest BCUT2D eigenvalue weighted by atomic mass is 10.2. The average Bonchev–Trinajstić information content (AvgIpc) is 3.06. The van der Waals surface area contributed by atoms with Gasteiger partial charge in [-0.25, -0.2) is 22.8 Å². The van der Waals surface area contributed by atoms with Crippen LogP contribution in [0.1, 0.15) is 25.7 Å². The number of fused-ring (bicyclic) bond motifs is 1. The maximum absolute atomic E-state index is 12.3. The van der Waals surface area contributed by atoms with Crippen molar-refractivity contribution in [2.75, 3.05) is 26.0 Å². The van der Waals surface area contributed by atoms with Gasteiger partial charge in [0.25, 0.3) is 0 Å². The van der Waals surface area contributed by atoms with Crippen molar-refractivity contribution in [3.05, 3.63) is 12.1 Å². The van der Waals surface area contributed by atoms with Crippen LogP contribution in [0.5, 0.6) is 0 Å². The summed E-state index contributed by atoms with van der Waals surface area (Å²) in [6.45, 7) is 0.614. The van der Waals surface area contributed by atoms with E-state index in [0.29, 0.717) is 24.2 Å². The Morgan fingerprint density at radius 2 is 1.92 bits per heavy atom. The van der Waals surface area contributed by atoms with Crippen LogP contribution in [0.3, 0.4) is 0 Å². The smallest absolute Gasteiger partial charge is 0.244 e. The Kier molecular flexibility index (Phi) is 6.28. The Morgan fingerprint density at radius 1 is 1.20 bits per heavy atom. The molecule has 1 aromatic carbocycles. The molecule has 0 aliphatic heterocycles. The number of hydrogen-bond acceptors (Lipinski definition) is 8. The zero-order chi connectivity index (χ0) is 18.4. The predicted octanol–water partition coefficient (Wildman–Crippen LogP) is 0.951. The summed E-state index contributed by atoms with van der Waals surface area (Å²) in [6, 6.07) is 3.10. The lowest BCUT2D eigenvalue weighted by molar-refractivity contribution is -0.129. The molecule has 0 spiro atoms. The van der Waals surface area contributed by atoms with E-state index in [1.165, 1.54) is 20.2 Å². The van der Waals surface area contributed by atoms with Crippen LogP contribution in [0.15, 0.2) is 21.7 Å². The molecular formula is C14H21N5O5S. The largest absolute Gasteiger partial charge is 0.383 e. The van der Waals surface area contributed by atoms with E-state index < -0.39 is 15.9 Å². The summed E-state index contributed by atoms with van der Waals surface area (Å²) < 4.78 is 30.4. The van der Waals surface area contributed by atoms with Crippen molar-refractivity contribution >= 4 is 32.7 Å². The van der Waals surface area contributed by atoms with Gasteiger partial charge in [-0.05, 0) is 35.3 Å². The van der Waals surface area contributed by atoms with E-state index in [9.17, 15) is 13.2 Å². The fourth-order valence-corrected chi connectivity index (χ4v) is 3.27. The van der Waals surface area contributed by atoms with Crippen LogP contribution in [0, 0.1) is 0 Å². The van der Waals surface area contributed by atoms with E-state index in [-0.39, 0.29) is 16.8 Å². The molecule has 0 unspecified atom stereocenters. The molecule has 10 nitrogen and oxygen atoms in total. The molecule has 0 fully saturated rings. The van der Waals surface area contributed by atoms with Crippen LogP contribution in [-0.2, 0) is 14.8 Å². The lowest BCUT2D eigenvalue weighted by Gasteiger charge is -2.12. The number of anilines is 1. The number of nitrogens with one attached hydrogen (secondary N) is 2. The van der Waals surface area contributed by atoms with Crippen molar-refractivity contribution in [1.29, 1.82) is 0 Å². The second-order valence-corrected chi connectivity index (χ2v) is 7.75. The van der Waals surface area contributed by atoms with Crippen LogP contribution in [0.2, 0.25) is 0 Å². The standard InChI is InChI=1S/C14H21N5O5S/c1-19(2)25(22,23)11-8-7-10(13-14(11)18-24-17-13)15-9-5-3-4-6-12(20)16-21/h7-8,15,21H,3-6,9H2,1-2H3,(H,16,20). The van der Waals surface area contributed by atoms with Crippen molar-refractivity contribution in [2.24, 2.45) is 0 Å². The molecule has 138 valence electrons. The van der Waals surface area contributed by atoms with Crippen LogP contribution in [0.25, 0.3) is 11.0 Å². The molecule has 2 rings (SSSR count). The number of carbonyl (C=O) groups is 1. The number of nitrogens with zero attached hydrogens (tertiary/aromatic N) is 3. The molecule has 0 radical (unpaired) electrons. The number of sulfonamides is 1. The summed E-state index contributed by atoms with van der Waals surface area (Å²) >= 11 is 0. The highest BCUT2D eigenvalue weighted by Crippen LogP contribution is 2.28. The summed E-state index contributed by atoms with van der Waals surface area (Å²) in [6.07, 6.45) is 2.52. The summed E-state index contributed by atoms with van der Waals surface area (Å²) in [7, 11) is -0.764. The molecule has 0 bridgehead atoms. The van der Waals surface area contributed by atoms with Crippen LogP contribution in [-0.4, -0.2) is 54.8 Å². The first kappa shape index (κ1) is 19.1. The second-order valence-electron chi connectivity index (χ2n) is 5.63. The van der Waals surface area contributed by atoms with Gasteiger partial charge in [-0.3, -0.25) is 10.0 Å². The molecule has 0 saturated carbocycles. The van der Waals surface area contributed by atoms with E-state index in [1.54, 1.807) is 11.5 Å². The zero-order valence-corrected chi connectivity index (χ0v) is 14.8. The normalized spacial score (nSPS) is 11.8. The van der Waals surface area contributed by atoms with Crippen LogP contribution < -0.4 is 10.8 Å². The Hall–Kier alpha value is -2.24. The first-order valence-electron chi connectivity index (χ1n) is 7.72. The van der Waals surface area contributed by atoms with Gasteiger partial charge < -0.3 is 5.32 Å². The van der Waals surface area contributed by atoms with E-state index in [0.717, 1.165) is 17.1 Å².